The molecule has 148 valence electrons. The van der Waals surface area contributed by atoms with Gasteiger partial charge in [0.2, 0.25) is 0 Å². The second-order valence-corrected chi connectivity index (χ2v) is 7.80. The van der Waals surface area contributed by atoms with E-state index < -0.39 is 0 Å². The van der Waals surface area contributed by atoms with Crippen molar-refractivity contribution in [3.63, 3.8) is 0 Å². The van der Waals surface area contributed by atoms with E-state index in [1.54, 1.807) is 24.3 Å². The Morgan fingerprint density at radius 3 is 0.923 bits per heavy atom. The van der Waals surface area contributed by atoms with Crippen LogP contribution in [-0.2, 0) is 21.3 Å². The van der Waals surface area contributed by atoms with Gasteiger partial charge in [0.1, 0.15) is 11.5 Å². The molecule has 0 saturated heterocycles. The van der Waals surface area contributed by atoms with Crippen LogP contribution >= 0.6 is 121 Å². The molecule has 0 radical (unpaired) electrons. The first-order valence-electron chi connectivity index (χ1n) is 6.62. The highest BCUT2D eigenvalue weighted by Crippen LogP contribution is 2.31. The molecule has 10 heteroatoms. The summed E-state index contributed by atoms with van der Waals surface area (Å²) < 4.78 is 0. The van der Waals surface area contributed by atoms with Crippen LogP contribution in [-0.4, -0.2) is 10.2 Å². The van der Waals surface area contributed by atoms with E-state index in [0.29, 0.717) is 42.9 Å². The van der Waals surface area contributed by atoms with Crippen molar-refractivity contribution in [2.75, 3.05) is 0 Å². The minimum absolute atomic E-state index is 0. The maximum absolute atomic E-state index is 9.59. The molecule has 0 aliphatic carbocycles. The molecule has 2 aromatic rings. The highest BCUT2D eigenvalue weighted by atomic mass is 79.9. The van der Waals surface area contributed by atoms with Crippen LogP contribution in [0.25, 0.3) is 0 Å². The average molecular weight is 791 g/mol. The van der Waals surface area contributed by atoms with Crippen LogP contribution in [0.2, 0.25) is 10.0 Å². The van der Waals surface area contributed by atoms with Crippen molar-refractivity contribution in [2.24, 2.45) is 0 Å². The van der Waals surface area contributed by atoms with E-state index >= 15 is 0 Å². The molecule has 0 saturated carbocycles. The third kappa shape index (κ3) is 8.89. The number of hydrogen-bond acceptors (Lipinski definition) is 2. The van der Waals surface area contributed by atoms with E-state index in [2.05, 4.69) is 63.7 Å². The molecule has 2 aromatic carbocycles. The molecular weight excluding hydrogens is 775 g/mol. The number of phenolic OH excluding ortho intramolecular Hbond substituents is 2. The first-order chi connectivity index (χ1) is 11.4. The number of aromatic hydroxyl groups is 2. The summed E-state index contributed by atoms with van der Waals surface area (Å²) >= 11 is 24.7. The van der Waals surface area contributed by atoms with Gasteiger partial charge >= 0.3 is 0 Å². The van der Waals surface area contributed by atoms with E-state index in [4.69, 9.17) is 23.2 Å². The first-order valence-corrected chi connectivity index (χ1v) is 11.9. The molecule has 0 fully saturated rings. The fourth-order valence-corrected chi connectivity index (χ4v) is 4.08. The van der Waals surface area contributed by atoms with Gasteiger partial charge in [-0.25, -0.2) is 0 Å². The Hall–Kier alpha value is 1.50. The second-order valence-electron chi connectivity index (χ2n) is 4.68. The summed E-state index contributed by atoms with van der Waals surface area (Å²) in [5, 5.41) is 22.9. The number of hydrogen-bond donors (Lipinski definition) is 2. The number of rotatable bonds is 4. The van der Waals surface area contributed by atoms with Crippen molar-refractivity contribution in [1.82, 2.24) is 0 Å². The molecule has 0 atom stereocenters. The molecule has 0 aliphatic rings. The lowest BCUT2D eigenvalue weighted by molar-refractivity contribution is 0.466. The van der Waals surface area contributed by atoms with Gasteiger partial charge in [-0.3, -0.25) is 0 Å². The predicted octanol–water partition coefficient (Wildman–Crippen LogP) is 8.83. The van der Waals surface area contributed by atoms with Crippen LogP contribution in [0.3, 0.4) is 0 Å². The summed E-state index contributed by atoms with van der Waals surface area (Å²) in [5.41, 5.74) is 3.27. The largest absolute Gasteiger partial charge is 0.507 e. The molecule has 0 aliphatic heterocycles. The van der Waals surface area contributed by atoms with Crippen LogP contribution in [0.4, 0.5) is 0 Å². The van der Waals surface area contributed by atoms with Crippen LogP contribution in [0.15, 0.2) is 24.3 Å². The van der Waals surface area contributed by atoms with Crippen LogP contribution in [0.1, 0.15) is 22.3 Å². The Balaban J connectivity index is 0. The molecule has 2 rings (SSSR count). The Morgan fingerprint density at radius 1 is 0.577 bits per heavy atom. The monoisotopic (exact) mass is 784 g/mol. The quantitative estimate of drug-likeness (QED) is 0.304. The van der Waals surface area contributed by atoms with Gasteiger partial charge < -0.3 is 10.2 Å². The zero-order chi connectivity index (χ0) is 18.3. The normalized spacial score (nSPS) is 9.46. The molecule has 0 spiro atoms. The van der Waals surface area contributed by atoms with Gasteiger partial charge in [-0.15, -0.1) is 34.0 Å². The highest BCUT2D eigenvalue weighted by molar-refractivity contribution is 9.09. The maximum atomic E-state index is 9.59. The summed E-state index contributed by atoms with van der Waals surface area (Å²) in [6.45, 7) is 0. The van der Waals surface area contributed by atoms with Crippen LogP contribution < -0.4 is 0 Å². The van der Waals surface area contributed by atoms with Gasteiger partial charge in [-0.2, -0.15) is 0 Å². The summed E-state index contributed by atoms with van der Waals surface area (Å²) in [6, 6.07) is 6.99. The average Bonchev–Trinajstić information content (AvgIpc) is 2.58. The summed E-state index contributed by atoms with van der Waals surface area (Å²) in [6.07, 6.45) is 0. The smallest absolute Gasteiger partial charge is 0.123 e. The molecule has 0 aromatic heterocycles. The summed E-state index contributed by atoms with van der Waals surface area (Å²) in [4.78, 5) is 0. The molecule has 0 amide bonds. The highest BCUT2D eigenvalue weighted by Gasteiger charge is 2.07. The lowest BCUT2D eigenvalue weighted by Gasteiger charge is -2.06. The molecule has 2 N–H and O–H groups in total. The van der Waals surface area contributed by atoms with Gasteiger partial charge in [-0.1, -0.05) is 86.9 Å². The van der Waals surface area contributed by atoms with E-state index in [0.717, 1.165) is 22.3 Å². The third-order valence-electron chi connectivity index (χ3n) is 3.04. The van der Waals surface area contributed by atoms with Crippen molar-refractivity contribution >= 4 is 121 Å². The first kappa shape index (κ1) is 29.7. The number of benzene rings is 2. The van der Waals surface area contributed by atoms with Gasteiger partial charge in [-0.05, 0) is 24.3 Å². The summed E-state index contributed by atoms with van der Waals surface area (Å²) in [7, 11) is 0. The van der Waals surface area contributed by atoms with Gasteiger partial charge in [0, 0.05) is 53.6 Å². The zero-order valence-corrected chi connectivity index (χ0v) is 24.4. The lowest BCUT2D eigenvalue weighted by Crippen LogP contribution is -1.86. The minimum Gasteiger partial charge on any atom is -0.507 e. The molecule has 0 bridgehead atoms. The molecule has 0 unspecified atom stereocenters. The van der Waals surface area contributed by atoms with E-state index in [9.17, 15) is 10.2 Å². The van der Waals surface area contributed by atoms with Crippen molar-refractivity contribution in [1.29, 1.82) is 0 Å². The third-order valence-corrected chi connectivity index (χ3v) is 5.89. The number of alkyl halides is 4. The SMILES string of the molecule is Br.Br.Oc1c(CBr)cc(Cl)cc1CBr.Oc1c(CBr)cc(Cl)cc1CBr. The zero-order valence-electron chi connectivity index (χ0n) is 13.1. The van der Waals surface area contributed by atoms with Crippen LogP contribution in [0.5, 0.6) is 11.5 Å². The van der Waals surface area contributed by atoms with Crippen molar-refractivity contribution in [3.05, 3.63) is 56.6 Å². The molecule has 0 heterocycles. The molecule has 2 nitrogen and oxygen atoms in total. The van der Waals surface area contributed by atoms with Crippen LogP contribution in [0, 0.1) is 0 Å². The Kier molecular flexibility index (Phi) is 17.5. The fourth-order valence-electron chi connectivity index (χ4n) is 1.84. The number of halogens is 8. The van der Waals surface area contributed by atoms with Gasteiger partial charge in [0.15, 0.2) is 0 Å². The van der Waals surface area contributed by atoms with E-state index in [1.807, 2.05) is 0 Å². The number of phenols is 2. The van der Waals surface area contributed by atoms with E-state index in [-0.39, 0.29) is 34.0 Å². The van der Waals surface area contributed by atoms with Crippen molar-refractivity contribution < 1.29 is 10.2 Å². The van der Waals surface area contributed by atoms with E-state index in [1.165, 1.54) is 0 Å². The fraction of sp³-hybridized carbons (Fsp3) is 0.250. The standard InChI is InChI=1S/2C8H7Br2ClO.2BrH/c2*9-3-5-1-7(11)2-6(4-10)8(5)12;;/h2*1-2,12H,3-4H2;2*1H. The Bertz CT molecular complexity index is 591. The maximum Gasteiger partial charge on any atom is 0.123 e. The predicted molar refractivity (Wildman–Crippen MR) is 137 cm³/mol. The van der Waals surface area contributed by atoms with Crippen molar-refractivity contribution in [3.8, 4) is 11.5 Å². The van der Waals surface area contributed by atoms with Crippen molar-refractivity contribution in [2.45, 2.75) is 21.3 Å². The van der Waals surface area contributed by atoms with Gasteiger partial charge in [0.25, 0.3) is 0 Å². The summed E-state index contributed by atoms with van der Waals surface area (Å²) in [5.74, 6) is 0.626. The Morgan fingerprint density at radius 2 is 0.769 bits per heavy atom. The second kappa shape index (κ2) is 15.4. The molecule has 26 heavy (non-hydrogen) atoms. The topological polar surface area (TPSA) is 40.5 Å². The minimum atomic E-state index is 0. The molecular formula is C16H16Br6Cl2O2. The van der Waals surface area contributed by atoms with Gasteiger partial charge in [0.05, 0.1) is 0 Å². The lowest BCUT2D eigenvalue weighted by atomic mass is 10.1. The Labute approximate surface area is 218 Å².